The Morgan fingerprint density at radius 3 is 2.55 bits per heavy atom. The summed E-state index contributed by atoms with van der Waals surface area (Å²) in [4.78, 5) is 15.2. The number of carbonyl (C=O) groups excluding carboxylic acids is 1. The Morgan fingerprint density at radius 1 is 1.27 bits per heavy atom. The molecule has 8 heteroatoms. The molecule has 0 bridgehead atoms. The van der Waals surface area contributed by atoms with E-state index in [9.17, 15) is 13.2 Å². The number of ether oxygens (including phenoxy) is 1. The fourth-order valence-corrected chi connectivity index (χ4v) is 2.81. The van der Waals surface area contributed by atoms with E-state index in [0.717, 1.165) is 11.6 Å². The fourth-order valence-electron chi connectivity index (χ4n) is 1.77. The number of primary amides is 1. The van der Waals surface area contributed by atoms with Gasteiger partial charge in [0.2, 0.25) is 0 Å². The minimum Gasteiger partial charge on any atom is -0.496 e. The number of sulfonamides is 1. The van der Waals surface area contributed by atoms with E-state index in [1.807, 2.05) is 6.92 Å². The van der Waals surface area contributed by atoms with Gasteiger partial charge in [0.1, 0.15) is 11.6 Å². The predicted octanol–water partition coefficient (Wildman–Crippen LogP) is 1.30. The van der Waals surface area contributed by atoms with Crippen LogP contribution in [0.1, 0.15) is 15.9 Å². The average Bonchev–Trinajstić information content (AvgIpc) is 2.48. The zero-order valence-electron chi connectivity index (χ0n) is 12.0. The van der Waals surface area contributed by atoms with Crippen molar-refractivity contribution in [3.8, 4) is 5.75 Å². The van der Waals surface area contributed by atoms with Crippen LogP contribution in [0.25, 0.3) is 0 Å². The molecule has 0 unspecified atom stereocenters. The van der Waals surface area contributed by atoms with Gasteiger partial charge < -0.3 is 10.5 Å². The number of nitrogens with zero attached hydrogens (tertiary/aromatic N) is 1. The van der Waals surface area contributed by atoms with Crippen molar-refractivity contribution in [3.05, 3.63) is 47.7 Å². The van der Waals surface area contributed by atoms with Crippen molar-refractivity contribution in [3.63, 3.8) is 0 Å². The van der Waals surface area contributed by atoms with Crippen LogP contribution in [-0.4, -0.2) is 26.4 Å². The number of rotatable bonds is 5. The van der Waals surface area contributed by atoms with E-state index in [4.69, 9.17) is 10.5 Å². The third-order valence-electron chi connectivity index (χ3n) is 2.90. The van der Waals surface area contributed by atoms with E-state index in [2.05, 4.69) is 9.71 Å². The van der Waals surface area contributed by atoms with Gasteiger partial charge in [0, 0.05) is 6.20 Å². The van der Waals surface area contributed by atoms with Crippen molar-refractivity contribution in [2.45, 2.75) is 11.8 Å². The predicted molar refractivity (Wildman–Crippen MR) is 81.3 cm³/mol. The largest absolute Gasteiger partial charge is 0.496 e. The van der Waals surface area contributed by atoms with Gasteiger partial charge >= 0.3 is 0 Å². The molecule has 0 aliphatic carbocycles. The lowest BCUT2D eigenvalue weighted by Crippen LogP contribution is -2.17. The van der Waals surface area contributed by atoms with E-state index < -0.39 is 15.9 Å². The first-order chi connectivity index (χ1) is 10.3. The number of aromatic nitrogens is 1. The molecule has 7 nitrogen and oxygen atoms in total. The number of hydrogen-bond acceptors (Lipinski definition) is 5. The van der Waals surface area contributed by atoms with Gasteiger partial charge in [0.15, 0.2) is 0 Å². The minimum absolute atomic E-state index is 0.0118. The van der Waals surface area contributed by atoms with Gasteiger partial charge in [-0.1, -0.05) is 6.07 Å². The topological polar surface area (TPSA) is 111 Å². The number of methoxy groups -OCH3 is 1. The number of pyridine rings is 1. The maximum Gasteiger partial charge on any atom is 0.263 e. The number of amides is 1. The monoisotopic (exact) mass is 321 g/mol. The maximum absolute atomic E-state index is 12.3. The number of hydrogen-bond donors (Lipinski definition) is 2. The molecule has 3 N–H and O–H groups in total. The van der Waals surface area contributed by atoms with Crippen LogP contribution in [0.5, 0.6) is 5.75 Å². The molecule has 0 saturated heterocycles. The molecule has 0 aliphatic rings. The van der Waals surface area contributed by atoms with Crippen LogP contribution in [0.2, 0.25) is 0 Å². The summed E-state index contributed by atoms with van der Waals surface area (Å²) in [6.45, 7) is 1.84. The lowest BCUT2D eigenvalue weighted by Gasteiger charge is -2.10. The molecule has 116 valence electrons. The highest BCUT2D eigenvalue weighted by molar-refractivity contribution is 7.92. The first-order valence-electron chi connectivity index (χ1n) is 6.27. The molecule has 0 spiro atoms. The van der Waals surface area contributed by atoms with Gasteiger partial charge in [-0.05, 0) is 36.8 Å². The summed E-state index contributed by atoms with van der Waals surface area (Å²) in [7, 11) is -2.52. The SMILES string of the molecule is COc1ccc(S(=O)(=O)Nc2ccc(C)cn2)cc1C(N)=O. The molecule has 2 rings (SSSR count). The minimum atomic E-state index is -3.88. The second-order valence-corrected chi connectivity index (χ2v) is 6.24. The van der Waals surface area contributed by atoms with Gasteiger partial charge in [-0.3, -0.25) is 9.52 Å². The molecule has 1 aromatic carbocycles. The van der Waals surface area contributed by atoms with E-state index >= 15 is 0 Å². The second kappa shape index (κ2) is 6.02. The molecule has 0 fully saturated rings. The van der Waals surface area contributed by atoms with Crippen molar-refractivity contribution >= 4 is 21.7 Å². The maximum atomic E-state index is 12.3. The number of nitrogens with two attached hydrogens (primary N) is 1. The van der Waals surface area contributed by atoms with Crippen LogP contribution in [0.15, 0.2) is 41.4 Å². The molecule has 1 amide bonds. The van der Waals surface area contributed by atoms with Crippen LogP contribution in [0.4, 0.5) is 5.82 Å². The third-order valence-corrected chi connectivity index (χ3v) is 4.25. The Hall–Kier alpha value is -2.61. The summed E-state index contributed by atoms with van der Waals surface area (Å²) < 4.78 is 31.9. The molecule has 22 heavy (non-hydrogen) atoms. The molecule has 0 atom stereocenters. The van der Waals surface area contributed by atoms with Crippen molar-refractivity contribution < 1.29 is 17.9 Å². The van der Waals surface area contributed by atoms with Crippen LogP contribution >= 0.6 is 0 Å². The second-order valence-electron chi connectivity index (χ2n) is 4.55. The van der Waals surface area contributed by atoms with Crippen LogP contribution < -0.4 is 15.2 Å². The van der Waals surface area contributed by atoms with E-state index in [-0.39, 0.29) is 22.0 Å². The molecule has 0 radical (unpaired) electrons. The van der Waals surface area contributed by atoms with Gasteiger partial charge in [0.25, 0.3) is 15.9 Å². The standard InChI is InChI=1S/C14H15N3O4S/c1-9-3-6-13(16-8-9)17-22(19,20)10-4-5-12(21-2)11(7-10)14(15)18/h3-8H,1-2H3,(H2,15,18)(H,16,17). The normalized spacial score (nSPS) is 11.0. The first kappa shape index (κ1) is 15.8. The first-order valence-corrected chi connectivity index (χ1v) is 7.75. The summed E-state index contributed by atoms with van der Waals surface area (Å²) >= 11 is 0. The summed E-state index contributed by atoms with van der Waals surface area (Å²) in [6, 6.07) is 7.13. The van der Waals surface area contributed by atoms with Crippen molar-refractivity contribution in [2.24, 2.45) is 5.73 Å². The van der Waals surface area contributed by atoms with Gasteiger partial charge in [-0.2, -0.15) is 0 Å². The third kappa shape index (κ3) is 3.34. The lowest BCUT2D eigenvalue weighted by molar-refractivity contribution is 0.0997. The van der Waals surface area contributed by atoms with Crippen LogP contribution in [0, 0.1) is 6.92 Å². The zero-order chi connectivity index (χ0) is 16.3. The molecule has 2 aromatic rings. The lowest BCUT2D eigenvalue weighted by atomic mass is 10.2. The van der Waals surface area contributed by atoms with Gasteiger partial charge in [0.05, 0.1) is 17.6 Å². The summed E-state index contributed by atoms with van der Waals surface area (Å²) in [5, 5.41) is 0. The highest BCUT2D eigenvalue weighted by Gasteiger charge is 2.19. The Labute approximate surface area is 128 Å². The molecule has 0 saturated carbocycles. The molecular formula is C14H15N3O4S. The van der Waals surface area contributed by atoms with E-state index in [1.165, 1.54) is 19.2 Å². The number of nitrogens with one attached hydrogen (secondary N) is 1. The molecule has 1 aromatic heterocycles. The Morgan fingerprint density at radius 2 is 2.00 bits per heavy atom. The highest BCUT2D eigenvalue weighted by Crippen LogP contribution is 2.23. The van der Waals surface area contributed by atoms with E-state index in [0.29, 0.717) is 0 Å². The van der Waals surface area contributed by atoms with Gasteiger partial charge in [-0.15, -0.1) is 0 Å². The van der Waals surface area contributed by atoms with Crippen LogP contribution in [-0.2, 0) is 10.0 Å². The molecule has 1 heterocycles. The number of aryl methyl sites for hydroxylation is 1. The molecule has 0 aliphatic heterocycles. The molecular weight excluding hydrogens is 306 g/mol. The van der Waals surface area contributed by atoms with Gasteiger partial charge in [-0.25, -0.2) is 13.4 Å². The Bertz CT molecular complexity index is 801. The summed E-state index contributed by atoms with van der Waals surface area (Å²) in [5.41, 5.74) is 6.12. The van der Waals surface area contributed by atoms with E-state index in [1.54, 1.807) is 18.3 Å². The quantitative estimate of drug-likeness (QED) is 0.862. The van der Waals surface area contributed by atoms with Crippen molar-refractivity contribution in [2.75, 3.05) is 11.8 Å². The Kier molecular flexibility index (Phi) is 4.32. The highest BCUT2D eigenvalue weighted by atomic mass is 32.2. The number of benzene rings is 1. The Balaban J connectivity index is 2.39. The number of anilines is 1. The van der Waals surface area contributed by atoms with Crippen molar-refractivity contribution in [1.29, 1.82) is 0 Å². The summed E-state index contributed by atoms with van der Waals surface area (Å²) in [5.74, 6) is -0.385. The summed E-state index contributed by atoms with van der Waals surface area (Å²) in [6.07, 6.45) is 1.54. The van der Waals surface area contributed by atoms with Crippen molar-refractivity contribution in [1.82, 2.24) is 4.98 Å². The smallest absolute Gasteiger partial charge is 0.263 e. The zero-order valence-corrected chi connectivity index (χ0v) is 12.8. The average molecular weight is 321 g/mol. The number of carbonyl (C=O) groups is 1. The fraction of sp³-hybridized carbons (Fsp3) is 0.143. The van der Waals surface area contributed by atoms with Crippen LogP contribution in [0.3, 0.4) is 0 Å².